The summed E-state index contributed by atoms with van der Waals surface area (Å²) in [5.74, 6) is 0. The van der Waals surface area contributed by atoms with Crippen LogP contribution in [0.25, 0.3) is 0 Å². The SMILES string of the molecule is O=[PH](c1ccccc1)c1ccccc1.[Cl-].[Cl-].[Mg+2]. The van der Waals surface area contributed by atoms with E-state index in [9.17, 15) is 4.57 Å². The number of hydrogen-bond donors (Lipinski definition) is 0. The van der Waals surface area contributed by atoms with Crippen molar-refractivity contribution in [3.8, 4) is 0 Å². The Kier molecular flexibility index (Phi) is 11.4. The molecule has 0 heterocycles. The van der Waals surface area contributed by atoms with Gasteiger partial charge >= 0.3 is 23.1 Å². The van der Waals surface area contributed by atoms with Crippen molar-refractivity contribution < 1.29 is 29.4 Å². The van der Waals surface area contributed by atoms with E-state index in [4.69, 9.17) is 0 Å². The molecule has 0 radical (unpaired) electrons. The maximum absolute atomic E-state index is 12.0. The van der Waals surface area contributed by atoms with Crippen molar-refractivity contribution in [3.05, 3.63) is 60.7 Å². The Morgan fingerprint density at radius 1 is 0.647 bits per heavy atom. The minimum absolute atomic E-state index is 0. The third-order valence-corrected chi connectivity index (χ3v) is 3.79. The second-order valence-corrected chi connectivity index (χ2v) is 4.87. The Labute approximate surface area is 131 Å². The van der Waals surface area contributed by atoms with Gasteiger partial charge in [0.15, 0.2) is 0 Å². The molecule has 2 rings (SSSR count). The van der Waals surface area contributed by atoms with E-state index in [1.807, 2.05) is 60.7 Å². The van der Waals surface area contributed by atoms with Crippen LogP contribution < -0.4 is 35.4 Å². The molecular formula is C12H11Cl2MgOP. The van der Waals surface area contributed by atoms with E-state index >= 15 is 0 Å². The van der Waals surface area contributed by atoms with Crippen LogP contribution in [0.4, 0.5) is 0 Å². The summed E-state index contributed by atoms with van der Waals surface area (Å²) in [5, 5.41) is 1.84. The van der Waals surface area contributed by atoms with Crippen LogP contribution in [0.5, 0.6) is 0 Å². The first-order valence-electron chi connectivity index (χ1n) is 4.53. The van der Waals surface area contributed by atoms with Gasteiger partial charge in [0.05, 0.1) is 0 Å². The van der Waals surface area contributed by atoms with Crippen LogP contribution in [0.1, 0.15) is 0 Å². The van der Waals surface area contributed by atoms with Crippen molar-refractivity contribution in [2.45, 2.75) is 0 Å². The average molecular weight is 297 g/mol. The zero-order valence-electron chi connectivity index (χ0n) is 9.14. The van der Waals surface area contributed by atoms with Crippen molar-refractivity contribution in [1.82, 2.24) is 0 Å². The quantitative estimate of drug-likeness (QED) is 0.406. The largest absolute Gasteiger partial charge is 2.00 e. The van der Waals surface area contributed by atoms with Gasteiger partial charge in [0.25, 0.3) is 0 Å². The van der Waals surface area contributed by atoms with Crippen LogP contribution in [0.15, 0.2) is 60.7 Å². The van der Waals surface area contributed by atoms with Crippen molar-refractivity contribution in [2.75, 3.05) is 0 Å². The van der Waals surface area contributed by atoms with E-state index in [1.165, 1.54) is 0 Å². The molecule has 1 nitrogen and oxygen atoms in total. The summed E-state index contributed by atoms with van der Waals surface area (Å²) in [6.07, 6.45) is 0. The molecule has 0 fully saturated rings. The maximum atomic E-state index is 12.0. The van der Waals surface area contributed by atoms with E-state index < -0.39 is 7.80 Å². The fourth-order valence-corrected chi connectivity index (χ4v) is 2.67. The first-order chi connectivity index (χ1) is 6.88. The van der Waals surface area contributed by atoms with Gasteiger partial charge in [-0.3, -0.25) is 0 Å². The van der Waals surface area contributed by atoms with E-state index in [0.29, 0.717) is 0 Å². The van der Waals surface area contributed by atoms with Gasteiger partial charge in [-0.15, -0.1) is 0 Å². The molecule has 0 spiro atoms. The van der Waals surface area contributed by atoms with Gasteiger partial charge in [0.1, 0.15) is 7.80 Å². The molecule has 5 heteroatoms. The Balaban J connectivity index is 0. The molecular weight excluding hydrogens is 286 g/mol. The minimum Gasteiger partial charge on any atom is -1.00 e. The van der Waals surface area contributed by atoms with Crippen molar-refractivity contribution in [1.29, 1.82) is 0 Å². The Hall–Kier alpha value is 0.0162. The van der Waals surface area contributed by atoms with Gasteiger partial charge in [0.2, 0.25) is 0 Å². The summed E-state index contributed by atoms with van der Waals surface area (Å²) in [6, 6.07) is 19.2. The molecule has 0 saturated carbocycles. The molecule has 2 aromatic rings. The van der Waals surface area contributed by atoms with Gasteiger partial charge in [-0.25, -0.2) is 0 Å². The smallest absolute Gasteiger partial charge is 1.00 e. The second kappa shape index (κ2) is 9.99. The van der Waals surface area contributed by atoms with Crippen LogP contribution in [-0.2, 0) is 4.57 Å². The van der Waals surface area contributed by atoms with Crippen molar-refractivity contribution in [2.24, 2.45) is 0 Å². The van der Waals surface area contributed by atoms with E-state index in [1.54, 1.807) is 0 Å². The van der Waals surface area contributed by atoms with Crippen molar-refractivity contribution >= 4 is 41.5 Å². The van der Waals surface area contributed by atoms with E-state index in [2.05, 4.69) is 0 Å². The van der Waals surface area contributed by atoms with Gasteiger partial charge in [-0.2, -0.15) is 0 Å². The van der Waals surface area contributed by atoms with Crippen molar-refractivity contribution in [3.63, 3.8) is 0 Å². The Morgan fingerprint density at radius 2 is 0.941 bits per heavy atom. The molecule has 17 heavy (non-hydrogen) atoms. The third kappa shape index (κ3) is 5.46. The minimum atomic E-state index is -1.79. The monoisotopic (exact) mass is 296 g/mol. The maximum Gasteiger partial charge on any atom is 2.00 e. The molecule has 86 valence electrons. The molecule has 0 aromatic heterocycles. The molecule has 0 atom stereocenters. The topological polar surface area (TPSA) is 17.1 Å². The molecule has 0 bridgehead atoms. The average Bonchev–Trinajstić information content (AvgIpc) is 2.30. The fraction of sp³-hybridized carbons (Fsp3) is 0. The first kappa shape index (κ1) is 19.4. The number of halogens is 2. The Bertz CT molecular complexity index is 395. The zero-order valence-corrected chi connectivity index (χ0v) is 13.1. The molecule has 0 aliphatic carbocycles. The predicted molar refractivity (Wildman–Crippen MR) is 66.9 cm³/mol. The predicted octanol–water partition coefficient (Wildman–Crippen LogP) is -4.18. The summed E-state index contributed by atoms with van der Waals surface area (Å²) < 4.78 is 12.0. The fourth-order valence-electron chi connectivity index (χ4n) is 1.35. The van der Waals surface area contributed by atoms with E-state index in [-0.39, 0.29) is 47.9 Å². The summed E-state index contributed by atoms with van der Waals surface area (Å²) in [5.41, 5.74) is 0. The van der Waals surface area contributed by atoms with Crippen LogP contribution in [0.3, 0.4) is 0 Å². The number of benzene rings is 2. The summed E-state index contributed by atoms with van der Waals surface area (Å²) in [7, 11) is -1.79. The molecule has 0 unspecified atom stereocenters. The van der Waals surface area contributed by atoms with E-state index in [0.717, 1.165) is 10.6 Å². The van der Waals surface area contributed by atoms with Gasteiger partial charge < -0.3 is 29.4 Å². The van der Waals surface area contributed by atoms with Crippen LogP contribution in [-0.4, -0.2) is 23.1 Å². The van der Waals surface area contributed by atoms with Crippen LogP contribution in [0, 0.1) is 0 Å². The number of rotatable bonds is 2. The van der Waals surface area contributed by atoms with Gasteiger partial charge in [-0.1, -0.05) is 60.7 Å². The Morgan fingerprint density at radius 3 is 1.24 bits per heavy atom. The molecule has 0 saturated heterocycles. The molecule has 0 aliphatic rings. The summed E-state index contributed by atoms with van der Waals surface area (Å²) in [6.45, 7) is 0. The zero-order chi connectivity index (χ0) is 9.80. The molecule has 0 amide bonds. The third-order valence-electron chi connectivity index (χ3n) is 2.07. The standard InChI is InChI=1S/C12H11OP.2ClH.Mg/c13-14(11-7-3-1-4-8-11)12-9-5-2-6-10-12;;;/h1-10,14H;2*1H;/q;;;+2/p-2. The molecule has 2 aromatic carbocycles. The first-order valence-corrected chi connectivity index (χ1v) is 5.93. The second-order valence-electron chi connectivity index (χ2n) is 3.06. The molecule has 0 aliphatic heterocycles. The van der Waals surface area contributed by atoms with Crippen LogP contribution >= 0.6 is 7.80 Å². The summed E-state index contributed by atoms with van der Waals surface area (Å²) in [4.78, 5) is 0. The van der Waals surface area contributed by atoms with Gasteiger partial charge in [-0.05, 0) is 0 Å². The number of hydrogen-bond acceptors (Lipinski definition) is 1. The van der Waals surface area contributed by atoms with Gasteiger partial charge in [0, 0.05) is 10.6 Å². The normalized spacial score (nSPS) is 8.53. The molecule has 0 N–H and O–H groups in total. The summed E-state index contributed by atoms with van der Waals surface area (Å²) >= 11 is 0. The van der Waals surface area contributed by atoms with Crippen LogP contribution in [0.2, 0.25) is 0 Å².